The van der Waals surface area contributed by atoms with Gasteiger partial charge in [-0.25, -0.2) is 13.2 Å². The Balaban J connectivity index is 1.92. The van der Waals surface area contributed by atoms with Gasteiger partial charge in [-0.2, -0.15) is 13.2 Å². The van der Waals surface area contributed by atoms with E-state index in [1.807, 2.05) is 19.1 Å². The van der Waals surface area contributed by atoms with E-state index >= 15 is 0 Å². The van der Waals surface area contributed by atoms with E-state index in [2.05, 4.69) is 0 Å². The van der Waals surface area contributed by atoms with Gasteiger partial charge >= 0.3 is 6.18 Å². The van der Waals surface area contributed by atoms with Crippen molar-refractivity contribution >= 4 is 10.8 Å². The van der Waals surface area contributed by atoms with Gasteiger partial charge in [-0.05, 0) is 70.5 Å². The number of hydrogen-bond acceptors (Lipinski definition) is 0. The van der Waals surface area contributed by atoms with Gasteiger partial charge < -0.3 is 0 Å². The van der Waals surface area contributed by atoms with Gasteiger partial charge in [0.15, 0.2) is 0 Å². The highest BCUT2D eigenvalue weighted by molar-refractivity contribution is 5.87. The average molecular weight is 408 g/mol. The number of fused-ring (bicyclic) bond motifs is 3. The third kappa shape index (κ3) is 3.38. The minimum Gasteiger partial charge on any atom is -0.207 e. The molecule has 1 aliphatic rings. The van der Waals surface area contributed by atoms with Crippen LogP contribution in [0.25, 0.3) is 10.8 Å². The lowest BCUT2D eigenvalue weighted by molar-refractivity contribution is -0.142. The zero-order chi connectivity index (χ0) is 20.9. The largest absolute Gasteiger partial charge is 0.422 e. The Bertz CT molecular complexity index is 1060. The van der Waals surface area contributed by atoms with Crippen LogP contribution in [-0.2, 0) is 12.6 Å². The highest BCUT2D eigenvalue weighted by atomic mass is 19.4. The molecule has 6 heteroatoms. The summed E-state index contributed by atoms with van der Waals surface area (Å²) in [6, 6.07) is 9.72. The van der Waals surface area contributed by atoms with Crippen molar-refractivity contribution in [2.24, 2.45) is 5.92 Å². The van der Waals surface area contributed by atoms with Crippen LogP contribution in [0.15, 0.2) is 42.5 Å². The van der Waals surface area contributed by atoms with Crippen molar-refractivity contribution in [1.82, 2.24) is 0 Å². The number of alkyl halides is 3. The minimum absolute atomic E-state index is 0.0176. The number of aryl methyl sites for hydroxylation is 1. The van der Waals surface area contributed by atoms with Crippen LogP contribution in [0, 0.1) is 23.4 Å². The standard InChI is InChI=1S/C23H18F6/c1-2-12-4-7-16-17(8-5-13-3-6-15(24)11-18(13)16)21(12)14-9-19(25)22(20(26)10-14)23(27,28)29/h3,5-6,8-12,21H,2,4,7H2,1H3/t12-,21-/m1/s1. The van der Waals surface area contributed by atoms with Crippen molar-refractivity contribution in [3.05, 3.63) is 82.2 Å². The molecule has 0 saturated carbocycles. The molecule has 0 heterocycles. The Labute approximate surface area is 164 Å². The van der Waals surface area contributed by atoms with E-state index in [1.165, 1.54) is 12.1 Å². The van der Waals surface area contributed by atoms with Crippen LogP contribution in [0.1, 0.15) is 47.9 Å². The van der Waals surface area contributed by atoms with Crippen molar-refractivity contribution < 1.29 is 26.3 Å². The monoisotopic (exact) mass is 408 g/mol. The molecular formula is C23H18F6. The molecule has 1 aliphatic carbocycles. The zero-order valence-electron chi connectivity index (χ0n) is 15.6. The quantitative estimate of drug-likeness (QED) is 0.388. The first-order valence-corrected chi connectivity index (χ1v) is 9.48. The number of hydrogen-bond donors (Lipinski definition) is 0. The molecule has 0 saturated heterocycles. The summed E-state index contributed by atoms with van der Waals surface area (Å²) in [7, 11) is 0. The van der Waals surface area contributed by atoms with Crippen molar-refractivity contribution in [1.29, 1.82) is 0 Å². The molecule has 0 amide bonds. The minimum atomic E-state index is -5.10. The molecule has 152 valence electrons. The predicted octanol–water partition coefficient (Wildman–Crippen LogP) is 7.38. The molecule has 3 aromatic rings. The highest BCUT2D eigenvalue weighted by Gasteiger charge is 2.39. The van der Waals surface area contributed by atoms with E-state index in [0.29, 0.717) is 19.3 Å². The maximum Gasteiger partial charge on any atom is 0.422 e. The van der Waals surface area contributed by atoms with Crippen LogP contribution in [0.5, 0.6) is 0 Å². The molecule has 0 N–H and O–H groups in total. The lowest BCUT2D eigenvalue weighted by Crippen LogP contribution is -2.23. The molecule has 0 radical (unpaired) electrons. The first-order valence-electron chi connectivity index (χ1n) is 9.48. The summed E-state index contributed by atoms with van der Waals surface area (Å²) in [4.78, 5) is 0. The van der Waals surface area contributed by atoms with Crippen molar-refractivity contribution in [3.8, 4) is 0 Å². The Morgan fingerprint density at radius 2 is 1.59 bits per heavy atom. The van der Waals surface area contributed by atoms with Gasteiger partial charge in [-0.3, -0.25) is 0 Å². The molecule has 4 rings (SSSR count). The van der Waals surface area contributed by atoms with Crippen LogP contribution in [0.2, 0.25) is 0 Å². The molecule has 0 fully saturated rings. The SMILES string of the molecule is CC[C@@H]1CCc2c(ccc3ccc(F)cc23)[C@H]1c1cc(F)c(C(F)(F)F)c(F)c1. The van der Waals surface area contributed by atoms with E-state index in [4.69, 9.17) is 0 Å². The molecular weight excluding hydrogens is 390 g/mol. The number of halogens is 6. The Hall–Kier alpha value is -2.50. The Morgan fingerprint density at radius 1 is 0.931 bits per heavy atom. The fraction of sp³-hybridized carbons (Fsp3) is 0.304. The van der Waals surface area contributed by atoms with Gasteiger partial charge in [0, 0.05) is 5.92 Å². The molecule has 0 nitrogen and oxygen atoms in total. The summed E-state index contributed by atoms with van der Waals surface area (Å²) in [5, 5.41) is 1.58. The van der Waals surface area contributed by atoms with E-state index in [0.717, 1.165) is 34.0 Å². The summed E-state index contributed by atoms with van der Waals surface area (Å²) in [5.74, 6) is -4.04. The van der Waals surface area contributed by atoms with Gasteiger partial charge in [-0.1, -0.05) is 31.5 Å². The fourth-order valence-corrected chi connectivity index (χ4v) is 4.63. The van der Waals surface area contributed by atoms with Crippen molar-refractivity contribution in [3.63, 3.8) is 0 Å². The smallest absolute Gasteiger partial charge is 0.207 e. The normalized spacial score (nSPS) is 19.4. The van der Waals surface area contributed by atoms with Crippen LogP contribution in [-0.4, -0.2) is 0 Å². The summed E-state index contributed by atoms with van der Waals surface area (Å²) < 4.78 is 81.2. The van der Waals surface area contributed by atoms with Crippen molar-refractivity contribution in [2.75, 3.05) is 0 Å². The van der Waals surface area contributed by atoms with Gasteiger partial charge in [0.1, 0.15) is 23.0 Å². The van der Waals surface area contributed by atoms with Crippen LogP contribution < -0.4 is 0 Å². The van der Waals surface area contributed by atoms with E-state index in [9.17, 15) is 26.3 Å². The Morgan fingerprint density at radius 3 is 2.21 bits per heavy atom. The molecule has 2 atom stereocenters. The maximum atomic E-state index is 14.3. The summed E-state index contributed by atoms with van der Waals surface area (Å²) in [6.45, 7) is 1.94. The van der Waals surface area contributed by atoms with Gasteiger partial charge in [0.05, 0.1) is 0 Å². The van der Waals surface area contributed by atoms with Crippen molar-refractivity contribution in [2.45, 2.75) is 38.3 Å². The summed E-state index contributed by atoms with van der Waals surface area (Å²) in [5.41, 5.74) is -0.0142. The molecule has 0 unspecified atom stereocenters. The molecule has 0 aromatic heterocycles. The number of benzene rings is 3. The third-order valence-corrected chi connectivity index (χ3v) is 5.93. The molecule has 29 heavy (non-hydrogen) atoms. The second-order valence-electron chi connectivity index (χ2n) is 7.54. The second-order valence-corrected chi connectivity index (χ2v) is 7.54. The Kier molecular flexibility index (Phi) is 4.83. The first-order chi connectivity index (χ1) is 13.7. The third-order valence-electron chi connectivity index (χ3n) is 5.93. The van der Waals surface area contributed by atoms with E-state index in [1.54, 1.807) is 6.07 Å². The topological polar surface area (TPSA) is 0 Å². The first kappa shape index (κ1) is 19.8. The van der Waals surface area contributed by atoms with Gasteiger partial charge in [0.25, 0.3) is 0 Å². The van der Waals surface area contributed by atoms with Gasteiger partial charge in [-0.15, -0.1) is 0 Å². The molecule has 0 spiro atoms. The van der Waals surface area contributed by atoms with E-state index < -0.39 is 29.3 Å². The van der Waals surface area contributed by atoms with Crippen LogP contribution in [0.4, 0.5) is 26.3 Å². The fourth-order valence-electron chi connectivity index (χ4n) is 4.63. The highest BCUT2D eigenvalue weighted by Crippen LogP contribution is 2.46. The summed E-state index contributed by atoms with van der Waals surface area (Å²) >= 11 is 0. The lowest BCUT2D eigenvalue weighted by atomic mass is 9.70. The maximum absolute atomic E-state index is 14.3. The summed E-state index contributed by atoms with van der Waals surface area (Å²) in [6.07, 6.45) is -3.02. The van der Waals surface area contributed by atoms with Crippen LogP contribution >= 0.6 is 0 Å². The second kappa shape index (κ2) is 7.08. The van der Waals surface area contributed by atoms with E-state index in [-0.39, 0.29) is 17.3 Å². The molecule has 3 aromatic carbocycles. The zero-order valence-corrected chi connectivity index (χ0v) is 15.6. The molecule has 0 bridgehead atoms. The molecule has 0 aliphatic heterocycles. The predicted molar refractivity (Wildman–Crippen MR) is 99.2 cm³/mol. The van der Waals surface area contributed by atoms with Gasteiger partial charge in [0.2, 0.25) is 0 Å². The van der Waals surface area contributed by atoms with Crippen LogP contribution in [0.3, 0.4) is 0 Å². The number of rotatable bonds is 2. The lowest BCUT2D eigenvalue weighted by Gasteiger charge is -2.34. The average Bonchev–Trinajstić information content (AvgIpc) is 2.64.